The van der Waals surface area contributed by atoms with Gasteiger partial charge in [0.25, 0.3) is 0 Å². The second-order valence-corrected chi connectivity index (χ2v) is 4.92. The van der Waals surface area contributed by atoms with Crippen LogP contribution >= 0.6 is 0 Å². The van der Waals surface area contributed by atoms with Gasteiger partial charge in [-0.05, 0) is 48.9 Å². The molecule has 0 radical (unpaired) electrons. The molecule has 1 heterocycles. The molecule has 3 heteroatoms. The highest BCUT2D eigenvalue weighted by Crippen LogP contribution is 2.47. The van der Waals surface area contributed by atoms with Gasteiger partial charge in [0.15, 0.2) is 11.5 Å². The van der Waals surface area contributed by atoms with Gasteiger partial charge in [0.05, 0.1) is 0 Å². The van der Waals surface area contributed by atoms with Gasteiger partial charge in [0, 0.05) is 6.92 Å². The third-order valence-electron chi connectivity index (χ3n) is 3.53. The number of nitrogens with two attached hydrogens (primary N) is 1. The number of benzene rings is 1. The Kier molecular flexibility index (Phi) is 2.04. The summed E-state index contributed by atoms with van der Waals surface area (Å²) in [6, 6.07) is 6.28. The second-order valence-electron chi connectivity index (χ2n) is 4.92. The van der Waals surface area contributed by atoms with Gasteiger partial charge in [-0.25, -0.2) is 4.98 Å². The van der Waals surface area contributed by atoms with Crippen LogP contribution in [0, 0.1) is 12.3 Å². The predicted octanol–water partition coefficient (Wildman–Crippen LogP) is 2.42. The maximum absolute atomic E-state index is 5.80. The monoisotopic (exact) mass is 216 g/mol. The second kappa shape index (κ2) is 3.32. The minimum atomic E-state index is 0.378. The van der Waals surface area contributed by atoms with Crippen LogP contribution in [0.2, 0.25) is 0 Å². The summed E-state index contributed by atoms with van der Waals surface area (Å²) >= 11 is 0. The van der Waals surface area contributed by atoms with Crippen LogP contribution in [0.1, 0.15) is 24.3 Å². The minimum absolute atomic E-state index is 0.378. The molecule has 0 atom stereocenters. The third kappa shape index (κ3) is 1.61. The Hall–Kier alpha value is -1.35. The van der Waals surface area contributed by atoms with Gasteiger partial charge in [-0.2, -0.15) is 0 Å². The van der Waals surface area contributed by atoms with E-state index in [0.29, 0.717) is 5.41 Å². The Morgan fingerprint density at radius 1 is 1.44 bits per heavy atom. The Balaban J connectivity index is 1.92. The van der Waals surface area contributed by atoms with Gasteiger partial charge < -0.3 is 10.2 Å². The van der Waals surface area contributed by atoms with Gasteiger partial charge >= 0.3 is 0 Å². The van der Waals surface area contributed by atoms with Gasteiger partial charge in [-0.3, -0.25) is 0 Å². The summed E-state index contributed by atoms with van der Waals surface area (Å²) in [7, 11) is 0. The molecule has 0 aliphatic heterocycles. The Morgan fingerprint density at radius 3 is 2.94 bits per heavy atom. The zero-order valence-electron chi connectivity index (χ0n) is 9.49. The molecule has 1 aromatic carbocycles. The zero-order chi connectivity index (χ0) is 11.2. The number of hydrogen-bond donors (Lipinski definition) is 1. The summed E-state index contributed by atoms with van der Waals surface area (Å²) in [5.74, 6) is 0.729. The maximum atomic E-state index is 5.80. The highest BCUT2D eigenvalue weighted by atomic mass is 16.3. The van der Waals surface area contributed by atoms with Crippen LogP contribution in [0.15, 0.2) is 22.6 Å². The Labute approximate surface area is 94.7 Å². The van der Waals surface area contributed by atoms with Crippen molar-refractivity contribution >= 4 is 11.1 Å². The van der Waals surface area contributed by atoms with Crippen molar-refractivity contribution in [1.82, 2.24) is 4.98 Å². The smallest absolute Gasteiger partial charge is 0.192 e. The van der Waals surface area contributed by atoms with Crippen LogP contribution < -0.4 is 5.73 Å². The summed E-state index contributed by atoms with van der Waals surface area (Å²) in [4.78, 5) is 4.30. The van der Waals surface area contributed by atoms with Crippen molar-refractivity contribution in [3.8, 4) is 0 Å². The van der Waals surface area contributed by atoms with Crippen molar-refractivity contribution in [2.45, 2.75) is 26.2 Å². The van der Waals surface area contributed by atoms with E-state index in [2.05, 4.69) is 17.1 Å². The number of oxazole rings is 1. The SMILES string of the molecule is Cc1nc2ccc(CC3(CN)CC3)cc2o1. The average Bonchev–Trinajstić information content (AvgIpc) is 2.93. The lowest BCUT2D eigenvalue weighted by Gasteiger charge is -2.11. The van der Waals surface area contributed by atoms with Crippen LogP contribution in [-0.2, 0) is 6.42 Å². The largest absolute Gasteiger partial charge is 0.441 e. The van der Waals surface area contributed by atoms with Gasteiger partial charge in [-0.1, -0.05) is 6.07 Å². The summed E-state index contributed by atoms with van der Waals surface area (Å²) in [6.07, 6.45) is 3.59. The first-order valence-electron chi connectivity index (χ1n) is 5.77. The molecule has 1 aliphatic rings. The van der Waals surface area contributed by atoms with Crippen molar-refractivity contribution in [1.29, 1.82) is 0 Å². The van der Waals surface area contributed by atoms with Crippen molar-refractivity contribution < 1.29 is 4.42 Å². The lowest BCUT2D eigenvalue weighted by molar-refractivity contribution is 0.520. The highest BCUT2D eigenvalue weighted by Gasteiger charge is 2.40. The van der Waals surface area contributed by atoms with E-state index in [4.69, 9.17) is 10.2 Å². The predicted molar refractivity (Wildman–Crippen MR) is 63.2 cm³/mol. The maximum Gasteiger partial charge on any atom is 0.192 e. The van der Waals surface area contributed by atoms with E-state index < -0.39 is 0 Å². The molecule has 0 unspecified atom stereocenters. The molecule has 2 aromatic rings. The summed E-state index contributed by atoms with van der Waals surface area (Å²) < 4.78 is 5.53. The number of aromatic nitrogens is 1. The molecule has 3 nitrogen and oxygen atoms in total. The number of aryl methyl sites for hydroxylation is 1. The quantitative estimate of drug-likeness (QED) is 0.857. The topological polar surface area (TPSA) is 52.0 Å². The molecule has 0 amide bonds. The zero-order valence-corrected chi connectivity index (χ0v) is 9.49. The van der Waals surface area contributed by atoms with Gasteiger partial charge in [-0.15, -0.1) is 0 Å². The molecule has 2 N–H and O–H groups in total. The van der Waals surface area contributed by atoms with E-state index in [1.165, 1.54) is 18.4 Å². The Bertz CT molecular complexity index is 526. The molecule has 3 rings (SSSR count). The number of nitrogens with zero attached hydrogens (tertiary/aromatic N) is 1. The lowest BCUT2D eigenvalue weighted by atomic mass is 9.96. The molecule has 1 fully saturated rings. The van der Waals surface area contributed by atoms with E-state index in [-0.39, 0.29) is 0 Å². The molecular weight excluding hydrogens is 200 g/mol. The Morgan fingerprint density at radius 2 is 2.25 bits per heavy atom. The molecule has 1 aromatic heterocycles. The number of hydrogen-bond acceptors (Lipinski definition) is 3. The number of rotatable bonds is 3. The molecule has 0 spiro atoms. The summed E-state index contributed by atoms with van der Waals surface area (Å²) in [6.45, 7) is 2.67. The fraction of sp³-hybridized carbons (Fsp3) is 0.462. The molecule has 0 saturated heterocycles. The molecule has 16 heavy (non-hydrogen) atoms. The summed E-state index contributed by atoms with van der Waals surface area (Å²) in [5.41, 5.74) is 9.32. The fourth-order valence-electron chi connectivity index (χ4n) is 2.26. The van der Waals surface area contributed by atoms with Crippen molar-refractivity contribution in [2.24, 2.45) is 11.1 Å². The first kappa shape index (κ1) is 9.85. The van der Waals surface area contributed by atoms with Crippen LogP contribution in [-0.4, -0.2) is 11.5 Å². The average molecular weight is 216 g/mol. The van der Waals surface area contributed by atoms with Gasteiger partial charge in [0.2, 0.25) is 0 Å². The molecule has 0 bridgehead atoms. The first-order chi connectivity index (χ1) is 7.71. The van der Waals surface area contributed by atoms with E-state index in [9.17, 15) is 0 Å². The van der Waals surface area contributed by atoms with Crippen LogP contribution in [0.3, 0.4) is 0 Å². The van der Waals surface area contributed by atoms with E-state index in [1.54, 1.807) is 0 Å². The van der Waals surface area contributed by atoms with Crippen LogP contribution in [0.25, 0.3) is 11.1 Å². The fourth-order valence-corrected chi connectivity index (χ4v) is 2.26. The molecule has 84 valence electrons. The van der Waals surface area contributed by atoms with Crippen molar-refractivity contribution in [2.75, 3.05) is 6.54 Å². The van der Waals surface area contributed by atoms with E-state index in [0.717, 1.165) is 30.0 Å². The lowest BCUT2D eigenvalue weighted by Crippen LogP contribution is -2.17. The highest BCUT2D eigenvalue weighted by molar-refractivity contribution is 5.73. The van der Waals surface area contributed by atoms with E-state index >= 15 is 0 Å². The molecular formula is C13H16N2O. The molecule has 1 aliphatic carbocycles. The summed E-state index contributed by atoms with van der Waals surface area (Å²) in [5, 5.41) is 0. The van der Waals surface area contributed by atoms with Crippen molar-refractivity contribution in [3.05, 3.63) is 29.7 Å². The minimum Gasteiger partial charge on any atom is -0.441 e. The van der Waals surface area contributed by atoms with Gasteiger partial charge in [0.1, 0.15) is 5.52 Å². The normalized spacial score (nSPS) is 17.9. The number of fused-ring (bicyclic) bond motifs is 1. The third-order valence-corrected chi connectivity index (χ3v) is 3.53. The van der Waals surface area contributed by atoms with Crippen molar-refractivity contribution in [3.63, 3.8) is 0 Å². The molecule has 1 saturated carbocycles. The standard InChI is InChI=1S/C13H16N2O/c1-9-15-11-3-2-10(6-12(11)16-9)7-13(8-14)4-5-13/h2-3,6H,4-5,7-8,14H2,1H3. The van der Waals surface area contributed by atoms with Crippen LogP contribution in [0.4, 0.5) is 0 Å². The van der Waals surface area contributed by atoms with Crippen LogP contribution in [0.5, 0.6) is 0 Å². The van der Waals surface area contributed by atoms with E-state index in [1.807, 2.05) is 13.0 Å². The first-order valence-corrected chi connectivity index (χ1v) is 5.77.